The van der Waals surface area contributed by atoms with Gasteiger partial charge >= 0.3 is 5.97 Å². The number of aromatic carboxylic acids is 1. The summed E-state index contributed by atoms with van der Waals surface area (Å²) in [4.78, 5) is 35.0. The molecule has 10 nitrogen and oxygen atoms in total. The summed E-state index contributed by atoms with van der Waals surface area (Å²) < 4.78 is 72.6. The van der Waals surface area contributed by atoms with Crippen LogP contribution in [0, 0.1) is 23.3 Å². The minimum absolute atomic E-state index is 0.00977. The van der Waals surface area contributed by atoms with Gasteiger partial charge in [0.05, 0.1) is 29.4 Å². The van der Waals surface area contributed by atoms with Crippen molar-refractivity contribution < 1.29 is 41.7 Å². The highest BCUT2D eigenvalue weighted by Crippen LogP contribution is 2.30. The Hall–Kier alpha value is -5.37. The summed E-state index contributed by atoms with van der Waals surface area (Å²) in [5.74, 6) is -5.23. The highest BCUT2D eigenvalue weighted by atomic mass is 19.1. The number of hydrogen-bond acceptors (Lipinski definition) is 7. The first-order chi connectivity index (χ1) is 21.6. The first kappa shape index (κ1) is 29.7. The fourth-order valence-corrected chi connectivity index (χ4v) is 4.91. The van der Waals surface area contributed by atoms with Crippen LogP contribution in [0.4, 0.5) is 17.6 Å². The van der Waals surface area contributed by atoms with E-state index in [-0.39, 0.29) is 82.1 Å². The number of carbonyl (C=O) groups is 2. The van der Waals surface area contributed by atoms with Crippen LogP contribution in [0.2, 0.25) is 0 Å². The predicted molar refractivity (Wildman–Crippen MR) is 150 cm³/mol. The van der Waals surface area contributed by atoms with Gasteiger partial charge in [-0.1, -0.05) is 6.07 Å². The zero-order chi connectivity index (χ0) is 31.8. The smallest absolute Gasteiger partial charge is 0.335 e. The van der Waals surface area contributed by atoms with E-state index in [2.05, 4.69) is 15.0 Å². The molecule has 5 aromatic rings. The van der Waals surface area contributed by atoms with Crippen LogP contribution in [-0.4, -0.2) is 49.2 Å². The SMILES string of the molecule is NC(=O)c1cc(F)c(COc2cccc(-c3cc(F)c(Cc4nc5c(F)cc(C(=O)O)cc5n4CC4CCO4)cc3F)n2)cn1. The molecule has 1 unspecified atom stereocenters. The van der Waals surface area contributed by atoms with Gasteiger partial charge in [0.1, 0.15) is 41.1 Å². The van der Waals surface area contributed by atoms with E-state index in [0.29, 0.717) is 6.61 Å². The van der Waals surface area contributed by atoms with Crippen LogP contribution in [0.25, 0.3) is 22.3 Å². The molecular formula is C31H23F4N5O5. The lowest BCUT2D eigenvalue weighted by molar-refractivity contribution is -0.0589. The van der Waals surface area contributed by atoms with Crippen LogP contribution < -0.4 is 10.5 Å². The van der Waals surface area contributed by atoms with Crippen molar-refractivity contribution in [3.8, 4) is 17.1 Å². The summed E-state index contributed by atoms with van der Waals surface area (Å²) in [5.41, 5.74) is 4.50. The Bertz CT molecular complexity index is 1980. The van der Waals surface area contributed by atoms with Gasteiger partial charge in [0.15, 0.2) is 5.82 Å². The number of nitrogens with zero attached hydrogens (tertiary/aromatic N) is 4. The number of imidazole rings is 1. The van der Waals surface area contributed by atoms with E-state index in [0.717, 1.165) is 36.9 Å². The number of primary amides is 1. The van der Waals surface area contributed by atoms with E-state index >= 15 is 8.78 Å². The number of carboxylic acid groups (broad SMARTS) is 1. The van der Waals surface area contributed by atoms with Crippen LogP contribution in [0.15, 0.2) is 54.7 Å². The molecule has 14 heteroatoms. The molecule has 1 aliphatic rings. The number of halogens is 4. The molecule has 0 aliphatic carbocycles. The van der Waals surface area contributed by atoms with E-state index in [1.807, 2.05) is 0 Å². The van der Waals surface area contributed by atoms with E-state index in [4.69, 9.17) is 15.2 Å². The summed E-state index contributed by atoms with van der Waals surface area (Å²) in [6.45, 7) is 0.454. The van der Waals surface area contributed by atoms with Gasteiger partial charge in [0.25, 0.3) is 5.91 Å². The third-order valence-corrected chi connectivity index (χ3v) is 7.35. The van der Waals surface area contributed by atoms with E-state index in [9.17, 15) is 23.5 Å². The van der Waals surface area contributed by atoms with E-state index in [1.165, 1.54) is 24.3 Å². The molecule has 0 radical (unpaired) electrons. The molecule has 2 aromatic carbocycles. The Labute approximate surface area is 252 Å². The molecule has 0 spiro atoms. The third-order valence-electron chi connectivity index (χ3n) is 7.35. The number of fused-ring (bicyclic) bond motifs is 1. The second kappa shape index (κ2) is 12.0. The van der Waals surface area contributed by atoms with Crippen molar-refractivity contribution in [3.05, 3.63) is 106 Å². The molecule has 0 saturated carbocycles. The fourth-order valence-electron chi connectivity index (χ4n) is 4.91. The average molecular weight is 622 g/mol. The Kier molecular flexibility index (Phi) is 7.89. The highest BCUT2D eigenvalue weighted by Gasteiger charge is 2.25. The van der Waals surface area contributed by atoms with Crippen molar-refractivity contribution in [1.29, 1.82) is 0 Å². The quantitative estimate of drug-likeness (QED) is 0.212. The zero-order valence-corrected chi connectivity index (χ0v) is 23.3. The molecule has 1 atom stereocenters. The van der Waals surface area contributed by atoms with Gasteiger partial charge in [-0.3, -0.25) is 9.78 Å². The fraction of sp³-hybridized carbons (Fsp3) is 0.194. The maximum Gasteiger partial charge on any atom is 0.335 e. The third kappa shape index (κ3) is 6.04. The maximum atomic E-state index is 15.5. The lowest BCUT2D eigenvalue weighted by Gasteiger charge is -2.27. The standard InChI is InChI=1S/C31H23F4N5O5/c32-20-10-19(24-2-1-3-28(38-24)45-14-17-12-37-25(30(36)41)11-21(17)33)22(34)6-15(20)9-27-39-29-23(35)7-16(31(42)43)8-26(29)40(27)13-18-4-5-44-18/h1-3,6-8,10-12,18H,4-5,9,13-14H2,(H2,36,41)(H,42,43). The highest BCUT2D eigenvalue weighted by molar-refractivity contribution is 5.93. The molecule has 45 heavy (non-hydrogen) atoms. The van der Waals surface area contributed by atoms with Crippen LogP contribution in [0.5, 0.6) is 5.88 Å². The van der Waals surface area contributed by atoms with Gasteiger partial charge in [-0.25, -0.2) is 32.3 Å². The molecular weight excluding hydrogens is 598 g/mol. The lowest BCUT2D eigenvalue weighted by Crippen LogP contribution is -2.31. The van der Waals surface area contributed by atoms with Gasteiger partial charge < -0.3 is 24.9 Å². The molecule has 6 rings (SSSR count). The molecule has 3 N–H and O–H groups in total. The Morgan fingerprint density at radius 3 is 2.47 bits per heavy atom. The monoisotopic (exact) mass is 621 g/mol. The van der Waals surface area contributed by atoms with Gasteiger partial charge in [-0.15, -0.1) is 0 Å². The number of ether oxygens (including phenoxy) is 2. The summed E-state index contributed by atoms with van der Waals surface area (Å²) in [6, 6.07) is 9.37. The predicted octanol–water partition coefficient (Wildman–Crippen LogP) is 4.81. The molecule has 1 fully saturated rings. The minimum Gasteiger partial charge on any atom is -0.478 e. The van der Waals surface area contributed by atoms with Gasteiger partial charge in [-0.2, -0.15) is 0 Å². The Balaban J connectivity index is 1.27. The Morgan fingerprint density at radius 1 is 1.00 bits per heavy atom. The molecule has 1 aliphatic heterocycles. The van der Waals surface area contributed by atoms with Crippen molar-refractivity contribution in [2.24, 2.45) is 5.73 Å². The van der Waals surface area contributed by atoms with Gasteiger partial charge in [0, 0.05) is 42.5 Å². The second-order valence-electron chi connectivity index (χ2n) is 10.3. The molecule has 230 valence electrons. The summed E-state index contributed by atoms with van der Waals surface area (Å²) >= 11 is 0. The summed E-state index contributed by atoms with van der Waals surface area (Å²) in [6.07, 6.45) is 1.38. The number of nitrogens with two attached hydrogens (primary N) is 1. The van der Waals surface area contributed by atoms with Crippen LogP contribution in [0.1, 0.15) is 44.2 Å². The van der Waals surface area contributed by atoms with Crippen LogP contribution in [-0.2, 0) is 24.3 Å². The second-order valence-corrected chi connectivity index (χ2v) is 10.3. The molecule has 3 aromatic heterocycles. The first-order valence-corrected chi connectivity index (χ1v) is 13.6. The molecule has 0 bridgehead atoms. The molecule has 1 saturated heterocycles. The maximum absolute atomic E-state index is 15.5. The topological polar surface area (TPSA) is 142 Å². The minimum atomic E-state index is -1.32. The normalized spacial score (nSPS) is 14.4. The number of hydrogen-bond donors (Lipinski definition) is 2. The van der Waals surface area contributed by atoms with Crippen LogP contribution in [0.3, 0.4) is 0 Å². The number of carboxylic acids is 1. The number of pyridine rings is 2. The van der Waals surface area contributed by atoms with Crippen molar-refractivity contribution in [1.82, 2.24) is 19.5 Å². The first-order valence-electron chi connectivity index (χ1n) is 13.6. The van der Waals surface area contributed by atoms with Crippen molar-refractivity contribution in [2.75, 3.05) is 6.61 Å². The zero-order valence-electron chi connectivity index (χ0n) is 23.3. The van der Waals surface area contributed by atoms with E-state index in [1.54, 1.807) is 4.57 Å². The number of benzene rings is 2. The Morgan fingerprint density at radius 2 is 1.78 bits per heavy atom. The van der Waals surface area contributed by atoms with Crippen molar-refractivity contribution in [3.63, 3.8) is 0 Å². The van der Waals surface area contributed by atoms with Gasteiger partial charge in [0.2, 0.25) is 5.88 Å². The van der Waals surface area contributed by atoms with E-state index < -0.39 is 35.1 Å². The summed E-state index contributed by atoms with van der Waals surface area (Å²) in [5, 5.41) is 9.41. The van der Waals surface area contributed by atoms with Gasteiger partial charge in [-0.05, 0) is 42.3 Å². The summed E-state index contributed by atoms with van der Waals surface area (Å²) in [7, 11) is 0. The molecule has 4 heterocycles. The largest absolute Gasteiger partial charge is 0.478 e. The number of rotatable bonds is 10. The number of aromatic nitrogens is 4. The van der Waals surface area contributed by atoms with Crippen molar-refractivity contribution in [2.45, 2.75) is 32.1 Å². The average Bonchev–Trinajstić information content (AvgIpc) is 3.33. The van der Waals surface area contributed by atoms with Crippen LogP contribution >= 0.6 is 0 Å². The van der Waals surface area contributed by atoms with Crippen molar-refractivity contribution >= 4 is 22.9 Å². The lowest BCUT2D eigenvalue weighted by atomic mass is 10.0. The number of carbonyl (C=O) groups excluding carboxylic acids is 1. The number of amides is 1. The molecule has 1 amide bonds.